The summed E-state index contributed by atoms with van der Waals surface area (Å²) in [4.78, 5) is 16.8. The zero-order chi connectivity index (χ0) is 22.0. The van der Waals surface area contributed by atoms with Crippen LogP contribution in [0.3, 0.4) is 0 Å². The Morgan fingerprint density at radius 1 is 1.13 bits per heavy atom. The summed E-state index contributed by atoms with van der Waals surface area (Å²) in [7, 11) is 0. The van der Waals surface area contributed by atoms with Gasteiger partial charge in [-0.25, -0.2) is 8.91 Å². The third-order valence-corrected chi connectivity index (χ3v) is 4.24. The van der Waals surface area contributed by atoms with Crippen LogP contribution in [0, 0.1) is 5.82 Å². The zero-order valence-corrected chi connectivity index (χ0v) is 15.4. The molecule has 12 heteroatoms. The van der Waals surface area contributed by atoms with E-state index in [1.165, 1.54) is 47.2 Å². The van der Waals surface area contributed by atoms with Crippen LogP contribution in [0.15, 0.2) is 60.9 Å². The Morgan fingerprint density at radius 2 is 1.90 bits per heavy atom. The van der Waals surface area contributed by atoms with Crippen LogP contribution < -0.4 is 10.1 Å². The summed E-state index contributed by atoms with van der Waals surface area (Å²) in [5.74, 6) is -1.73. The molecule has 1 aromatic carbocycles. The molecule has 3 aromatic heterocycles. The van der Waals surface area contributed by atoms with E-state index in [1.807, 2.05) is 0 Å². The van der Waals surface area contributed by atoms with E-state index in [4.69, 9.17) is 0 Å². The summed E-state index contributed by atoms with van der Waals surface area (Å²) in [6.07, 6.45) is -2.03. The molecule has 8 nitrogen and oxygen atoms in total. The van der Waals surface area contributed by atoms with Gasteiger partial charge >= 0.3 is 6.36 Å². The number of hydrogen-bond donors (Lipinski definition) is 1. The first-order valence-corrected chi connectivity index (χ1v) is 8.75. The van der Waals surface area contributed by atoms with Crippen LogP contribution >= 0.6 is 0 Å². The SMILES string of the molecule is O=C(N[C@@H](c1ccc(OC(F)(F)F)cc1)c1ncccc1F)c1ccn2nnnc2c1. The Bertz CT molecular complexity index is 1230. The van der Waals surface area contributed by atoms with E-state index in [0.717, 1.165) is 18.2 Å². The highest BCUT2D eigenvalue weighted by Crippen LogP contribution is 2.27. The van der Waals surface area contributed by atoms with Crippen molar-refractivity contribution in [1.29, 1.82) is 0 Å². The van der Waals surface area contributed by atoms with E-state index in [9.17, 15) is 22.4 Å². The topological polar surface area (TPSA) is 94.3 Å². The minimum atomic E-state index is -4.85. The van der Waals surface area contributed by atoms with Gasteiger partial charge in [0.05, 0.1) is 6.04 Å². The first-order chi connectivity index (χ1) is 14.8. The largest absolute Gasteiger partial charge is 0.573 e. The smallest absolute Gasteiger partial charge is 0.406 e. The van der Waals surface area contributed by atoms with Crippen molar-refractivity contribution < 1.29 is 27.1 Å². The number of benzene rings is 1. The molecule has 1 amide bonds. The summed E-state index contributed by atoms with van der Waals surface area (Å²) >= 11 is 0. The minimum absolute atomic E-state index is 0.106. The summed E-state index contributed by atoms with van der Waals surface area (Å²) in [6.45, 7) is 0. The number of pyridine rings is 2. The lowest BCUT2D eigenvalue weighted by Crippen LogP contribution is -2.30. The second-order valence-corrected chi connectivity index (χ2v) is 6.29. The number of hydrogen-bond acceptors (Lipinski definition) is 6. The maximum atomic E-state index is 14.4. The Hall–Kier alpha value is -4.09. The number of carbonyl (C=O) groups is 1. The predicted octanol–water partition coefficient (Wildman–Crippen LogP) is 3.08. The molecule has 0 aliphatic heterocycles. The maximum absolute atomic E-state index is 14.4. The van der Waals surface area contributed by atoms with Gasteiger partial charge in [0.1, 0.15) is 17.3 Å². The first-order valence-electron chi connectivity index (χ1n) is 8.75. The van der Waals surface area contributed by atoms with Crippen LogP contribution in [0.2, 0.25) is 0 Å². The minimum Gasteiger partial charge on any atom is -0.406 e. The van der Waals surface area contributed by atoms with Crippen LogP contribution in [-0.2, 0) is 0 Å². The molecule has 0 bridgehead atoms. The van der Waals surface area contributed by atoms with Crippen molar-refractivity contribution >= 4 is 11.6 Å². The maximum Gasteiger partial charge on any atom is 0.573 e. The highest BCUT2D eigenvalue weighted by molar-refractivity contribution is 5.95. The van der Waals surface area contributed by atoms with Gasteiger partial charge in [-0.3, -0.25) is 9.78 Å². The molecule has 0 aliphatic rings. The molecule has 158 valence electrons. The second kappa shape index (κ2) is 7.97. The summed E-state index contributed by atoms with van der Waals surface area (Å²) in [5, 5.41) is 13.6. The Balaban J connectivity index is 1.66. The monoisotopic (exact) mass is 432 g/mol. The van der Waals surface area contributed by atoms with Gasteiger partial charge in [-0.2, -0.15) is 0 Å². The fraction of sp³-hybridized carbons (Fsp3) is 0.105. The van der Waals surface area contributed by atoms with E-state index in [0.29, 0.717) is 11.2 Å². The number of amides is 1. The van der Waals surface area contributed by atoms with Gasteiger partial charge in [-0.1, -0.05) is 12.1 Å². The fourth-order valence-electron chi connectivity index (χ4n) is 2.88. The molecule has 0 aliphatic carbocycles. The highest BCUT2D eigenvalue weighted by atomic mass is 19.4. The number of tetrazole rings is 1. The normalized spacial score (nSPS) is 12.5. The number of carbonyl (C=O) groups excluding carboxylic acids is 1. The number of alkyl halides is 3. The van der Waals surface area contributed by atoms with Gasteiger partial charge < -0.3 is 10.1 Å². The van der Waals surface area contributed by atoms with Gasteiger partial charge in [-0.05, 0) is 52.4 Å². The number of ether oxygens (including phenoxy) is 1. The van der Waals surface area contributed by atoms with E-state index >= 15 is 0 Å². The number of fused-ring (bicyclic) bond motifs is 1. The Labute approximate surface area is 171 Å². The average Bonchev–Trinajstić information content (AvgIpc) is 3.20. The molecule has 0 radical (unpaired) electrons. The van der Waals surface area contributed by atoms with Crippen LogP contribution in [0.1, 0.15) is 27.7 Å². The van der Waals surface area contributed by atoms with E-state index in [-0.39, 0.29) is 11.3 Å². The quantitative estimate of drug-likeness (QED) is 0.487. The molecule has 4 aromatic rings. The Morgan fingerprint density at radius 3 is 2.61 bits per heavy atom. The number of halogens is 4. The van der Waals surface area contributed by atoms with Gasteiger partial charge in [-0.15, -0.1) is 18.3 Å². The van der Waals surface area contributed by atoms with Crippen molar-refractivity contribution in [2.45, 2.75) is 12.4 Å². The van der Waals surface area contributed by atoms with Crippen LogP contribution in [0.4, 0.5) is 17.6 Å². The van der Waals surface area contributed by atoms with Crippen molar-refractivity contribution in [2.24, 2.45) is 0 Å². The lowest BCUT2D eigenvalue weighted by molar-refractivity contribution is -0.274. The molecular formula is C19H12F4N6O2. The van der Waals surface area contributed by atoms with Gasteiger partial charge in [0, 0.05) is 18.0 Å². The molecule has 4 rings (SSSR count). The lowest BCUT2D eigenvalue weighted by atomic mass is 10.0. The molecule has 0 fully saturated rings. The first kappa shape index (κ1) is 20.2. The molecule has 1 atom stereocenters. The van der Waals surface area contributed by atoms with E-state index in [1.54, 1.807) is 0 Å². The molecule has 31 heavy (non-hydrogen) atoms. The van der Waals surface area contributed by atoms with Gasteiger partial charge in [0.2, 0.25) is 0 Å². The molecular weight excluding hydrogens is 420 g/mol. The lowest BCUT2D eigenvalue weighted by Gasteiger charge is -2.20. The standard InChI is InChI=1S/C19H12F4N6O2/c20-14-2-1-8-24-17(14)16(11-3-5-13(6-4-11)31-19(21,22)23)25-18(30)12-7-9-29-15(10-12)26-27-28-29/h1-10,16H,(H,25,30)/t16-/m0/s1. The van der Waals surface area contributed by atoms with E-state index in [2.05, 4.69) is 30.6 Å². The zero-order valence-electron chi connectivity index (χ0n) is 15.4. The molecule has 1 N–H and O–H groups in total. The fourth-order valence-corrected chi connectivity index (χ4v) is 2.88. The molecule has 0 unspecified atom stereocenters. The van der Waals surface area contributed by atoms with Crippen molar-refractivity contribution in [3.8, 4) is 5.75 Å². The number of rotatable bonds is 5. The van der Waals surface area contributed by atoms with Crippen LogP contribution in [-0.4, -0.2) is 37.3 Å². The van der Waals surface area contributed by atoms with E-state index < -0.39 is 29.9 Å². The Kier molecular flexibility index (Phi) is 5.19. The summed E-state index contributed by atoms with van der Waals surface area (Å²) in [5.41, 5.74) is 0.707. The van der Waals surface area contributed by atoms with Crippen LogP contribution in [0.25, 0.3) is 5.65 Å². The van der Waals surface area contributed by atoms with Crippen molar-refractivity contribution in [3.05, 3.63) is 83.6 Å². The molecule has 0 saturated heterocycles. The number of nitrogens with zero attached hydrogens (tertiary/aromatic N) is 5. The molecule has 0 spiro atoms. The van der Waals surface area contributed by atoms with Crippen molar-refractivity contribution in [3.63, 3.8) is 0 Å². The third-order valence-electron chi connectivity index (χ3n) is 4.24. The highest BCUT2D eigenvalue weighted by Gasteiger charge is 2.31. The molecule has 0 saturated carbocycles. The average molecular weight is 432 g/mol. The molecule has 3 heterocycles. The predicted molar refractivity (Wildman–Crippen MR) is 97.4 cm³/mol. The van der Waals surface area contributed by atoms with Gasteiger partial charge in [0.25, 0.3) is 5.91 Å². The van der Waals surface area contributed by atoms with Crippen LogP contribution in [0.5, 0.6) is 5.75 Å². The van der Waals surface area contributed by atoms with Gasteiger partial charge in [0.15, 0.2) is 5.65 Å². The third kappa shape index (κ3) is 4.57. The number of nitrogens with one attached hydrogen (secondary N) is 1. The number of aromatic nitrogens is 5. The summed E-state index contributed by atoms with van der Waals surface area (Å²) < 4.78 is 56.9. The van der Waals surface area contributed by atoms with Crippen molar-refractivity contribution in [2.75, 3.05) is 0 Å². The second-order valence-electron chi connectivity index (χ2n) is 6.29. The summed E-state index contributed by atoms with van der Waals surface area (Å²) in [6, 6.07) is 9.05. The van der Waals surface area contributed by atoms with Crippen molar-refractivity contribution in [1.82, 2.24) is 30.3 Å².